The van der Waals surface area contributed by atoms with Gasteiger partial charge in [0.1, 0.15) is 0 Å². The average Bonchev–Trinajstić information content (AvgIpc) is 2.93. The average molecular weight is 432 g/mol. The molecule has 0 spiro atoms. The molecule has 3 rings (SSSR count). The lowest BCUT2D eigenvalue weighted by atomic mass is 9.95. The zero-order valence-corrected chi connectivity index (χ0v) is 16.4. The highest BCUT2D eigenvalue weighted by Gasteiger charge is 2.38. The molecule has 24 heavy (non-hydrogen) atoms. The summed E-state index contributed by atoms with van der Waals surface area (Å²) in [5, 5.41) is 0. The highest BCUT2D eigenvalue weighted by atomic mass is 79.9. The zero-order chi connectivity index (χ0) is 16.6. The van der Waals surface area contributed by atoms with Crippen LogP contribution in [0, 0.1) is 6.92 Å². The fourth-order valence-corrected chi connectivity index (χ4v) is 5.50. The summed E-state index contributed by atoms with van der Waals surface area (Å²) >= 11 is 3.35. The molecule has 2 aromatic carbocycles. The van der Waals surface area contributed by atoms with Gasteiger partial charge >= 0.3 is 0 Å². The summed E-state index contributed by atoms with van der Waals surface area (Å²) in [5.41, 5.74) is 8.22. The van der Waals surface area contributed by atoms with Crippen molar-refractivity contribution in [1.29, 1.82) is 0 Å². The van der Waals surface area contributed by atoms with E-state index in [1.165, 1.54) is 4.31 Å². The summed E-state index contributed by atoms with van der Waals surface area (Å²) in [5.74, 6) is 0.0227. The highest BCUT2D eigenvalue weighted by molar-refractivity contribution is 9.10. The number of halogens is 2. The number of nitrogens with zero attached hydrogens (tertiary/aromatic N) is 1. The van der Waals surface area contributed by atoms with Gasteiger partial charge in [0, 0.05) is 29.5 Å². The largest absolute Gasteiger partial charge is 0.326 e. The predicted octanol–water partition coefficient (Wildman–Crippen LogP) is 3.29. The van der Waals surface area contributed by atoms with E-state index in [-0.39, 0.29) is 24.4 Å². The number of rotatable bonds is 3. The molecule has 0 amide bonds. The lowest BCUT2D eigenvalue weighted by Crippen LogP contribution is -2.32. The molecule has 1 heterocycles. The molecule has 1 fully saturated rings. The van der Waals surface area contributed by atoms with E-state index < -0.39 is 10.0 Å². The molecule has 0 bridgehead atoms. The van der Waals surface area contributed by atoms with Crippen molar-refractivity contribution in [2.24, 2.45) is 5.73 Å². The summed E-state index contributed by atoms with van der Waals surface area (Å²) < 4.78 is 28.0. The van der Waals surface area contributed by atoms with Crippen LogP contribution in [-0.4, -0.2) is 31.9 Å². The van der Waals surface area contributed by atoms with Crippen molar-refractivity contribution in [3.8, 4) is 0 Å². The normalized spacial score (nSPS) is 21.5. The SMILES string of the molecule is Cc1ccc(Br)c(S(=O)(=O)N2C[C@@H](N)[C@H](c3ccccc3)C2)c1.Cl. The Morgan fingerprint density at radius 1 is 1.12 bits per heavy atom. The van der Waals surface area contributed by atoms with E-state index in [0.29, 0.717) is 22.5 Å². The molecule has 2 aromatic rings. The first-order chi connectivity index (χ1) is 10.9. The van der Waals surface area contributed by atoms with Crippen LogP contribution in [0.1, 0.15) is 17.0 Å². The quantitative estimate of drug-likeness (QED) is 0.811. The summed E-state index contributed by atoms with van der Waals surface area (Å²) in [6, 6.07) is 15.0. The maximum Gasteiger partial charge on any atom is 0.244 e. The molecular weight excluding hydrogens is 412 g/mol. The first-order valence-electron chi connectivity index (χ1n) is 7.46. The van der Waals surface area contributed by atoms with E-state index >= 15 is 0 Å². The number of nitrogens with two attached hydrogens (primary N) is 1. The van der Waals surface area contributed by atoms with Gasteiger partial charge in [-0.3, -0.25) is 0 Å². The van der Waals surface area contributed by atoms with Crippen molar-refractivity contribution in [3.05, 3.63) is 64.1 Å². The molecule has 0 aliphatic carbocycles. The fraction of sp³-hybridized carbons (Fsp3) is 0.294. The van der Waals surface area contributed by atoms with E-state index in [4.69, 9.17) is 5.73 Å². The standard InChI is InChI=1S/C17H19BrN2O2S.ClH/c1-12-7-8-15(18)17(9-12)23(21,22)20-10-14(16(19)11-20)13-5-3-2-4-6-13;/h2-9,14,16H,10-11,19H2,1H3;1H/t14-,16+;/m0./s1. The molecule has 0 aromatic heterocycles. The van der Waals surface area contributed by atoms with E-state index in [0.717, 1.165) is 11.1 Å². The number of aryl methyl sites for hydroxylation is 1. The van der Waals surface area contributed by atoms with Crippen molar-refractivity contribution in [2.45, 2.75) is 23.8 Å². The maximum atomic E-state index is 13.0. The number of benzene rings is 2. The fourth-order valence-electron chi connectivity index (χ4n) is 2.99. The minimum absolute atomic E-state index is 0. The highest BCUT2D eigenvalue weighted by Crippen LogP contribution is 2.33. The Bertz CT molecular complexity index is 815. The van der Waals surface area contributed by atoms with Crippen molar-refractivity contribution in [2.75, 3.05) is 13.1 Å². The monoisotopic (exact) mass is 430 g/mol. The Labute approximate surface area is 157 Å². The topological polar surface area (TPSA) is 63.4 Å². The Morgan fingerprint density at radius 3 is 2.46 bits per heavy atom. The van der Waals surface area contributed by atoms with Crippen LogP contribution < -0.4 is 5.73 Å². The van der Waals surface area contributed by atoms with Crippen molar-refractivity contribution < 1.29 is 8.42 Å². The van der Waals surface area contributed by atoms with Crippen LogP contribution in [0.4, 0.5) is 0 Å². The first-order valence-corrected chi connectivity index (χ1v) is 9.70. The molecule has 0 unspecified atom stereocenters. The van der Waals surface area contributed by atoms with Crippen molar-refractivity contribution in [3.63, 3.8) is 0 Å². The van der Waals surface area contributed by atoms with Crippen LogP contribution in [0.5, 0.6) is 0 Å². The van der Waals surface area contributed by atoms with Gasteiger partial charge in [0.05, 0.1) is 4.90 Å². The van der Waals surface area contributed by atoms with Crippen molar-refractivity contribution in [1.82, 2.24) is 4.31 Å². The summed E-state index contributed by atoms with van der Waals surface area (Å²) in [6.45, 7) is 2.63. The molecule has 0 saturated carbocycles. The molecule has 1 saturated heterocycles. The van der Waals surface area contributed by atoms with E-state index in [1.807, 2.05) is 43.3 Å². The van der Waals surface area contributed by atoms with Gasteiger partial charge in [-0.05, 0) is 46.1 Å². The maximum absolute atomic E-state index is 13.0. The van der Waals surface area contributed by atoms with Gasteiger partial charge in [-0.15, -0.1) is 12.4 Å². The Kier molecular flexibility index (Phi) is 6.09. The van der Waals surface area contributed by atoms with Crippen LogP contribution >= 0.6 is 28.3 Å². The third kappa shape index (κ3) is 3.68. The van der Waals surface area contributed by atoms with Crippen LogP contribution in [0.25, 0.3) is 0 Å². The molecule has 130 valence electrons. The number of hydrogen-bond donors (Lipinski definition) is 1. The Hall–Kier alpha value is -0.920. The van der Waals surface area contributed by atoms with Gasteiger partial charge in [-0.25, -0.2) is 8.42 Å². The molecular formula is C17H20BrClN2O2S. The lowest BCUT2D eigenvalue weighted by molar-refractivity contribution is 0.469. The molecule has 2 atom stereocenters. The molecule has 7 heteroatoms. The second-order valence-corrected chi connectivity index (χ2v) is 8.70. The minimum Gasteiger partial charge on any atom is -0.326 e. The van der Waals surface area contributed by atoms with E-state index in [9.17, 15) is 8.42 Å². The van der Waals surface area contributed by atoms with Crippen LogP contribution in [0.3, 0.4) is 0 Å². The summed E-state index contributed by atoms with van der Waals surface area (Å²) in [6.07, 6.45) is 0. The van der Waals surface area contributed by atoms with Gasteiger partial charge in [-0.1, -0.05) is 36.4 Å². The first kappa shape index (κ1) is 19.4. The third-order valence-corrected chi connectivity index (χ3v) is 7.09. The Balaban J connectivity index is 0.00000208. The lowest BCUT2D eigenvalue weighted by Gasteiger charge is -2.18. The van der Waals surface area contributed by atoms with E-state index in [1.54, 1.807) is 12.1 Å². The minimum atomic E-state index is -3.56. The van der Waals surface area contributed by atoms with Crippen LogP contribution in [0.2, 0.25) is 0 Å². The smallest absolute Gasteiger partial charge is 0.244 e. The summed E-state index contributed by atoms with van der Waals surface area (Å²) in [4.78, 5) is 0.304. The predicted molar refractivity (Wildman–Crippen MR) is 102 cm³/mol. The molecule has 1 aliphatic heterocycles. The van der Waals surface area contributed by atoms with Gasteiger partial charge < -0.3 is 5.73 Å². The second kappa shape index (κ2) is 7.54. The molecule has 2 N–H and O–H groups in total. The zero-order valence-electron chi connectivity index (χ0n) is 13.2. The van der Waals surface area contributed by atoms with Gasteiger partial charge in [-0.2, -0.15) is 4.31 Å². The molecule has 0 radical (unpaired) electrons. The van der Waals surface area contributed by atoms with Gasteiger partial charge in [0.15, 0.2) is 0 Å². The number of sulfonamides is 1. The van der Waals surface area contributed by atoms with Gasteiger partial charge in [0.2, 0.25) is 10.0 Å². The second-order valence-electron chi connectivity index (χ2n) is 5.94. The molecule has 1 aliphatic rings. The van der Waals surface area contributed by atoms with Crippen molar-refractivity contribution >= 4 is 38.4 Å². The van der Waals surface area contributed by atoms with Crippen LogP contribution in [0.15, 0.2) is 57.9 Å². The number of hydrogen-bond acceptors (Lipinski definition) is 3. The van der Waals surface area contributed by atoms with Gasteiger partial charge in [0.25, 0.3) is 0 Å². The van der Waals surface area contributed by atoms with Crippen LogP contribution in [-0.2, 0) is 10.0 Å². The van der Waals surface area contributed by atoms with E-state index in [2.05, 4.69) is 15.9 Å². The third-order valence-electron chi connectivity index (χ3n) is 4.26. The molecule has 4 nitrogen and oxygen atoms in total. The summed E-state index contributed by atoms with van der Waals surface area (Å²) in [7, 11) is -3.56. The Morgan fingerprint density at radius 2 is 1.79 bits per heavy atom.